The number of hydrogen-bond donors (Lipinski definition) is 1. The van der Waals surface area contributed by atoms with Gasteiger partial charge in [-0.1, -0.05) is 18.2 Å². The number of nitrogens with zero attached hydrogens (tertiary/aromatic N) is 2. The van der Waals surface area contributed by atoms with Gasteiger partial charge in [0, 0.05) is 36.3 Å². The van der Waals surface area contributed by atoms with E-state index in [1.807, 2.05) is 6.92 Å². The van der Waals surface area contributed by atoms with E-state index in [0.717, 1.165) is 0 Å². The third kappa shape index (κ3) is 2.46. The van der Waals surface area contributed by atoms with Crippen LogP contribution in [0.5, 0.6) is 0 Å². The van der Waals surface area contributed by atoms with Crippen LogP contribution in [0.25, 0.3) is 11.3 Å². The molecule has 2 rings (SSSR count). The van der Waals surface area contributed by atoms with Crippen molar-refractivity contribution in [3.05, 3.63) is 62.4 Å². The quantitative estimate of drug-likeness (QED) is 0.680. The molecule has 0 radical (unpaired) electrons. The predicted molar refractivity (Wildman–Crippen MR) is 76.4 cm³/mol. The van der Waals surface area contributed by atoms with E-state index in [4.69, 9.17) is 5.73 Å². The van der Waals surface area contributed by atoms with Crippen LogP contribution in [0, 0.1) is 10.1 Å². The molecule has 0 amide bonds. The standard InChI is InChI=1S/C14H15N3O3/c1-2-16-13(7-6-11(9-15)14(16)18)10-4-3-5-12(8-10)17(19)20/h3-8H,2,9,15H2,1H3. The van der Waals surface area contributed by atoms with Gasteiger partial charge in [0.25, 0.3) is 11.2 Å². The minimum atomic E-state index is -0.452. The van der Waals surface area contributed by atoms with Crippen molar-refractivity contribution < 1.29 is 4.92 Å². The van der Waals surface area contributed by atoms with Gasteiger partial charge in [-0.25, -0.2) is 0 Å². The molecule has 0 fully saturated rings. The normalized spacial score (nSPS) is 10.5. The molecule has 2 aromatic rings. The lowest BCUT2D eigenvalue weighted by atomic mass is 10.1. The number of non-ortho nitro benzene ring substituents is 1. The Morgan fingerprint density at radius 2 is 2.05 bits per heavy atom. The van der Waals surface area contributed by atoms with Gasteiger partial charge in [0.05, 0.1) is 10.6 Å². The minimum Gasteiger partial charge on any atom is -0.326 e. The third-order valence-electron chi connectivity index (χ3n) is 3.14. The average Bonchev–Trinajstić information content (AvgIpc) is 2.47. The Balaban J connectivity index is 2.64. The second-order valence-corrected chi connectivity index (χ2v) is 4.30. The maximum Gasteiger partial charge on any atom is 0.270 e. The first-order chi connectivity index (χ1) is 9.58. The van der Waals surface area contributed by atoms with E-state index in [9.17, 15) is 14.9 Å². The highest BCUT2D eigenvalue weighted by Gasteiger charge is 2.12. The molecule has 20 heavy (non-hydrogen) atoms. The van der Waals surface area contributed by atoms with Crippen LogP contribution in [0.1, 0.15) is 12.5 Å². The van der Waals surface area contributed by atoms with Crippen molar-refractivity contribution in [2.75, 3.05) is 0 Å². The molecule has 1 aromatic heterocycles. The molecule has 0 unspecified atom stereocenters. The average molecular weight is 273 g/mol. The number of benzene rings is 1. The summed E-state index contributed by atoms with van der Waals surface area (Å²) in [4.78, 5) is 22.6. The number of nitrogens with two attached hydrogens (primary N) is 1. The minimum absolute atomic E-state index is 0.000466. The molecule has 0 spiro atoms. The molecule has 6 nitrogen and oxygen atoms in total. The Kier molecular flexibility index (Phi) is 3.95. The van der Waals surface area contributed by atoms with Gasteiger partial charge in [0.2, 0.25) is 0 Å². The molecule has 104 valence electrons. The molecule has 0 aliphatic heterocycles. The highest BCUT2D eigenvalue weighted by molar-refractivity contribution is 5.63. The molecule has 0 aliphatic carbocycles. The number of hydrogen-bond acceptors (Lipinski definition) is 4. The number of aromatic nitrogens is 1. The summed E-state index contributed by atoms with van der Waals surface area (Å²) in [5.74, 6) is 0. The van der Waals surface area contributed by atoms with Gasteiger partial charge in [-0.15, -0.1) is 0 Å². The SMILES string of the molecule is CCn1c(-c2cccc([N+](=O)[O-])c2)ccc(CN)c1=O. The summed E-state index contributed by atoms with van der Waals surface area (Å²) in [5, 5.41) is 10.8. The van der Waals surface area contributed by atoms with E-state index in [-0.39, 0.29) is 17.8 Å². The van der Waals surface area contributed by atoms with Gasteiger partial charge in [0.15, 0.2) is 0 Å². The summed E-state index contributed by atoms with van der Waals surface area (Å²) >= 11 is 0. The van der Waals surface area contributed by atoms with Crippen LogP contribution in [0.3, 0.4) is 0 Å². The molecule has 0 saturated heterocycles. The second kappa shape index (κ2) is 5.66. The molecule has 1 aromatic carbocycles. The van der Waals surface area contributed by atoms with E-state index in [0.29, 0.717) is 23.4 Å². The molecular formula is C14H15N3O3. The number of nitro groups is 1. The number of pyridine rings is 1. The number of nitro benzene ring substituents is 1. The molecule has 0 aliphatic rings. The molecule has 0 bridgehead atoms. The van der Waals surface area contributed by atoms with Crippen LogP contribution in [0.2, 0.25) is 0 Å². The van der Waals surface area contributed by atoms with Gasteiger partial charge in [-0.2, -0.15) is 0 Å². The van der Waals surface area contributed by atoms with Crippen LogP contribution in [-0.2, 0) is 13.1 Å². The monoisotopic (exact) mass is 273 g/mol. The van der Waals surface area contributed by atoms with Gasteiger partial charge in [-0.05, 0) is 13.0 Å². The van der Waals surface area contributed by atoms with E-state index < -0.39 is 4.92 Å². The highest BCUT2D eigenvalue weighted by atomic mass is 16.6. The van der Waals surface area contributed by atoms with E-state index >= 15 is 0 Å². The zero-order valence-corrected chi connectivity index (χ0v) is 11.1. The van der Waals surface area contributed by atoms with E-state index in [1.54, 1.807) is 28.8 Å². The first kappa shape index (κ1) is 14.0. The second-order valence-electron chi connectivity index (χ2n) is 4.30. The first-order valence-electron chi connectivity index (χ1n) is 6.26. The molecule has 1 heterocycles. The Hall–Kier alpha value is -2.47. The summed E-state index contributed by atoms with van der Waals surface area (Å²) in [7, 11) is 0. The molecule has 0 saturated carbocycles. The Bertz CT molecular complexity index is 707. The fraction of sp³-hybridized carbons (Fsp3) is 0.214. The maximum atomic E-state index is 12.2. The van der Waals surface area contributed by atoms with Crippen molar-refractivity contribution in [2.24, 2.45) is 5.73 Å². The lowest BCUT2D eigenvalue weighted by molar-refractivity contribution is -0.384. The van der Waals surface area contributed by atoms with Crippen LogP contribution in [-0.4, -0.2) is 9.49 Å². The predicted octanol–water partition coefficient (Wildman–Crippen LogP) is 1.90. The topological polar surface area (TPSA) is 91.2 Å². The van der Waals surface area contributed by atoms with Crippen LogP contribution < -0.4 is 11.3 Å². The first-order valence-corrected chi connectivity index (χ1v) is 6.26. The van der Waals surface area contributed by atoms with E-state index in [1.165, 1.54) is 12.1 Å². The van der Waals surface area contributed by atoms with Gasteiger partial charge < -0.3 is 10.3 Å². The zero-order valence-electron chi connectivity index (χ0n) is 11.1. The molecular weight excluding hydrogens is 258 g/mol. The largest absolute Gasteiger partial charge is 0.326 e. The van der Waals surface area contributed by atoms with Crippen LogP contribution in [0.15, 0.2) is 41.2 Å². The Labute approximate surface area is 115 Å². The van der Waals surface area contributed by atoms with Crippen molar-refractivity contribution in [3.8, 4) is 11.3 Å². The van der Waals surface area contributed by atoms with Crippen molar-refractivity contribution >= 4 is 5.69 Å². The molecule has 0 atom stereocenters. The summed E-state index contributed by atoms with van der Waals surface area (Å²) in [6.07, 6.45) is 0. The molecule has 2 N–H and O–H groups in total. The molecule has 6 heteroatoms. The van der Waals surface area contributed by atoms with Gasteiger partial charge in [-0.3, -0.25) is 14.9 Å². The summed E-state index contributed by atoms with van der Waals surface area (Å²) in [6.45, 7) is 2.50. The fourth-order valence-electron chi connectivity index (χ4n) is 2.12. The van der Waals surface area contributed by atoms with Gasteiger partial charge >= 0.3 is 0 Å². The summed E-state index contributed by atoms with van der Waals surface area (Å²) < 4.78 is 1.57. The van der Waals surface area contributed by atoms with E-state index in [2.05, 4.69) is 0 Å². The van der Waals surface area contributed by atoms with Crippen LogP contribution >= 0.6 is 0 Å². The maximum absolute atomic E-state index is 12.2. The Morgan fingerprint density at radius 1 is 1.30 bits per heavy atom. The van der Waals surface area contributed by atoms with Crippen LogP contribution in [0.4, 0.5) is 5.69 Å². The lowest BCUT2D eigenvalue weighted by Crippen LogP contribution is -2.25. The third-order valence-corrected chi connectivity index (χ3v) is 3.14. The van der Waals surface area contributed by atoms with Crippen molar-refractivity contribution in [2.45, 2.75) is 20.0 Å². The van der Waals surface area contributed by atoms with Gasteiger partial charge in [0.1, 0.15) is 0 Å². The smallest absolute Gasteiger partial charge is 0.270 e. The summed E-state index contributed by atoms with van der Waals surface area (Å²) in [5.41, 5.74) is 7.19. The summed E-state index contributed by atoms with van der Waals surface area (Å²) in [6, 6.07) is 9.68. The highest BCUT2D eigenvalue weighted by Crippen LogP contribution is 2.23. The number of rotatable bonds is 4. The fourth-order valence-corrected chi connectivity index (χ4v) is 2.12. The van der Waals surface area contributed by atoms with Crippen molar-refractivity contribution in [3.63, 3.8) is 0 Å². The Morgan fingerprint density at radius 3 is 2.65 bits per heavy atom. The van der Waals surface area contributed by atoms with Crippen molar-refractivity contribution in [1.82, 2.24) is 4.57 Å². The zero-order chi connectivity index (χ0) is 14.7. The van der Waals surface area contributed by atoms with Crippen molar-refractivity contribution in [1.29, 1.82) is 0 Å². The lowest BCUT2D eigenvalue weighted by Gasteiger charge is -2.12.